The molecule has 1 aliphatic carbocycles. The van der Waals surface area contributed by atoms with E-state index in [1.54, 1.807) is 46.9 Å². The molecule has 2 heterocycles. The van der Waals surface area contributed by atoms with E-state index < -0.39 is 65.2 Å². The van der Waals surface area contributed by atoms with Crippen LogP contribution in [0.15, 0.2) is 67.3 Å². The number of carbonyl (C=O) groups is 4. The standard InChI is InChI=1S/C37H44N4O9/c1-8-23-19-37(23,34(44)45)40-32(42)29-17-25(20-41(29)33(43)31(21(2)47-6)39-35(46)50-36(3,4)5)49-30-18-27(22-12-10-9-11-13-22)38-28-16-24(48-7)14-15-26(28)30/h8-16,18,21,23,25,29,31H,1,17,19-20H2,2-7H3,(H,39,46)(H,40,42)(H,44,45)/t21-,23+,25-,29+,31+,37?/m1/s1. The number of methoxy groups -OCH3 is 2. The lowest BCUT2D eigenvalue weighted by atomic mass is 10.1. The molecular formula is C37H44N4O9. The van der Waals surface area contributed by atoms with Gasteiger partial charge in [0.2, 0.25) is 11.8 Å². The lowest BCUT2D eigenvalue weighted by Gasteiger charge is -2.32. The highest BCUT2D eigenvalue weighted by Crippen LogP contribution is 2.45. The maximum absolute atomic E-state index is 14.3. The Kier molecular flexibility index (Phi) is 10.4. The first kappa shape index (κ1) is 36.1. The van der Waals surface area contributed by atoms with Gasteiger partial charge in [0, 0.05) is 42.5 Å². The molecule has 1 unspecified atom stereocenters. The van der Waals surface area contributed by atoms with Gasteiger partial charge in [0.25, 0.3) is 0 Å². The summed E-state index contributed by atoms with van der Waals surface area (Å²) in [6.45, 7) is 10.3. The molecule has 13 heteroatoms. The van der Waals surface area contributed by atoms with Gasteiger partial charge in [-0.3, -0.25) is 9.59 Å². The number of nitrogens with one attached hydrogen (secondary N) is 2. The van der Waals surface area contributed by atoms with Crippen molar-refractivity contribution in [2.75, 3.05) is 20.8 Å². The molecule has 1 saturated heterocycles. The summed E-state index contributed by atoms with van der Waals surface area (Å²) in [5.74, 6) is -1.86. The Hall–Kier alpha value is -5.17. The summed E-state index contributed by atoms with van der Waals surface area (Å²) in [7, 11) is 2.96. The number of nitrogens with zero attached hydrogens (tertiary/aromatic N) is 2. The van der Waals surface area contributed by atoms with Crippen LogP contribution in [0.4, 0.5) is 4.79 Å². The number of amides is 3. The molecule has 266 valence electrons. The van der Waals surface area contributed by atoms with Crippen LogP contribution in [0, 0.1) is 5.92 Å². The Bertz CT molecular complexity index is 1780. The molecule has 2 aromatic carbocycles. The zero-order chi connectivity index (χ0) is 36.4. The first-order valence-electron chi connectivity index (χ1n) is 16.4. The minimum Gasteiger partial charge on any atom is -0.497 e. The van der Waals surface area contributed by atoms with E-state index in [9.17, 15) is 24.3 Å². The van der Waals surface area contributed by atoms with Crippen molar-refractivity contribution in [2.24, 2.45) is 5.92 Å². The minimum atomic E-state index is -1.52. The van der Waals surface area contributed by atoms with Crippen molar-refractivity contribution in [2.45, 2.75) is 76.0 Å². The van der Waals surface area contributed by atoms with Crippen molar-refractivity contribution in [1.82, 2.24) is 20.5 Å². The summed E-state index contributed by atoms with van der Waals surface area (Å²) in [4.78, 5) is 59.5. The molecule has 5 rings (SSSR count). The maximum atomic E-state index is 14.3. The number of carboxylic acids is 1. The third-order valence-electron chi connectivity index (χ3n) is 9.00. The van der Waals surface area contributed by atoms with Gasteiger partial charge < -0.3 is 39.6 Å². The molecule has 2 aliphatic rings. The van der Waals surface area contributed by atoms with Crippen molar-refractivity contribution >= 4 is 34.8 Å². The number of pyridine rings is 1. The van der Waals surface area contributed by atoms with Gasteiger partial charge in [-0.2, -0.15) is 0 Å². The number of aromatic nitrogens is 1. The average molecular weight is 689 g/mol. The number of ether oxygens (including phenoxy) is 4. The molecule has 3 aromatic rings. The van der Waals surface area contributed by atoms with Gasteiger partial charge in [-0.15, -0.1) is 6.58 Å². The summed E-state index contributed by atoms with van der Waals surface area (Å²) in [5.41, 5.74) is -0.248. The smallest absolute Gasteiger partial charge is 0.408 e. The summed E-state index contributed by atoms with van der Waals surface area (Å²) in [6.07, 6.45) is -0.654. The Morgan fingerprint density at radius 3 is 2.42 bits per heavy atom. The fourth-order valence-electron chi connectivity index (χ4n) is 6.16. The average Bonchev–Trinajstić information content (AvgIpc) is 3.65. The number of rotatable bonds is 12. The maximum Gasteiger partial charge on any atom is 0.408 e. The fourth-order valence-corrected chi connectivity index (χ4v) is 6.16. The number of carbonyl (C=O) groups excluding carboxylic acids is 3. The van der Waals surface area contributed by atoms with Crippen LogP contribution in [0.5, 0.6) is 11.5 Å². The number of benzene rings is 2. The molecule has 3 amide bonds. The molecular weight excluding hydrogens is 644 g/mol. The number of carboxylic acid groups (broad SMARTS) is 1. The zero-order valence-electron chi connectivity index (χ0n) is 29.1. The molecule has 1 saturated carbocycles. The topological polar surface area (TPSA) is 166 Å². The highest BCUT2D eigenvalue weighted by atomic mass is 16.6. The van der Waals surface area contributed by atoms with Crippen LogP contribution in [0.1, 0.15) is 40.5 Å². The van der Waals surface area contributed by atoms with Gasteiger partial charge in [-0.05, 0) is 46.2 Å². The molecule has 2 fully saturated rings. The lowest BCUT2D eigenvalue weighted by Crippen LogP contribution is -2.59. The first-order valence-corrected chi connectivity index (χ1v) is 16.4. The number of fused-ring (bicyclic) bond motifs is 1. The number of hydrogen-bond donors (Lipinski definition) is 3. The van der Waals surface area contributed by atoms with Gasteiger partial charge in [0.1, 0.15) is 40.8 Å². The van der Waals surface area contributed by atoms with Gasteiger partial charge in [0.05, 0.1) is 31.0 Å². The van der Waals surface area contributed by atoms with Crippen molar-refractivity contribution < 1.29 is 43.2 Å². The SMILES string of the molecule is C=C[C@H]1CC1(NC(=O)[C@@H]1C[C@@H](Oc2cc(-c3ccccc3)nc3cc(OC)ccc23)CN1C(=O)[C@@H](NC(=O)OC(C)(C)C)[C@@H](C)OC)C(=O)O. The van der Waals surface area contributed by atoms with Crippen LogP contribution >= 0.6 is 0 Å². The minimum absolute atomic E-state index is 0.0349. The largest absolute Gasteiger partial charge is 0.497 e. The molecule has 0 radical (unpaired) electrons. The predicted molar refractivity (Wildman–Crippen MR) is 185 cm³/mol. The molecule has 0 bridgehead atoms. The second-order valence-electron chi connectivity index (χ2n) is 13.6. The second-order valence-corrected chi connectivity index (χ2v) is 13.6. The third-order valence-corrected chi connectivity index (χ3v) is 9.00. The van der Waals surface area contributed by atoms with Crippen molar-refractivity contribution in [3.8, 4) is 22.8 Å². The fraction of sp³-hybridized carbons (Fsp3) is 0.432. The van der Waals surface area contributed by atoms with E-state index in [2.05, 4.69) is 17.2 Å². The molecule has 50 heavy (non-hydrogen) atoms. The van der Waals surface area contributed by atoms with Gasteiger partial charge in [0.15, 0.2) is 0 Å². The monoisotopic (exact) mass is 688 g/mol. The molecule has 1 aromatic heterocycles. The van der Waals surface area contributed by atoms with Crippen LogP contribution in [-0.4, -0.2) is 95.1 Å². The third kappa shape index (κ3) is 7.67. The molecule has 6 atom stereocenters. The highest BCUT2D eigenvalue weighted by Gasteiger charge is 2.61. The van der Waals surface area contributed by atoms with Gasteiger partial charge >= 0.3 is 12.1 Å². The normalized spacial score (nSPS) is 22.6. The van der Waals surface area contributed by atoms with Crippen LogP contribution < -0.4 is 20.1 Å². The highest BCUT2D eigenvalue weighted by molar-refractivity contribution is 5.96. The Morgan fingerprint density at radius 1 is 1.10 bits per heavy atom. The van der Waals surface area contributed by atoms with E-state index in [0.29, 0.717) is 28.1 Å². The van der Waals surface area contributed by atoms with Crippen LogP contribution in [0.3, 0.4) is 0 Å². The summed E-state index contributed by atoms with van der Waals surface area (Å²) < 4.78 is 22.9. The second kappa shape index (κ2) is 14.4. The first-order chi connectivity index (χ1) is 23.7. The van der Waals surface area contributed by atoms with Crippen LogP contribution in [0.2, 0.25) is 0 Å². The predicted octanol–water partition coefficient (Wildman–Crippen LogP) is 4.33. The lowest BCUT2D eigenvalue weighted by molar-refractivity contribution is -0.146. The van der Waals surface area contributed by atoms with E-state index in [1.165, 1.54) is 18.1 Å². The summed E-state index contributed by atoms with van der Waals surface area (Å²) in [6, 6.07) is 14.4. The number of aliphatic carboxylic acids is 1. The van der Waals surface area contributed by atoms with Crippen LogP contribution in [-0.2, 0) is 23.9 Å². The summed E-state index contributed by atoms with van der Waals surface area (Å²) >= 11 is 0. The van der Waals surface area contributed by atoms with Crippen molar-refractivity contribution in [1.29, 1.82) is 0 Å². The number of alkyl carbamates (subject to hydrolysis) is 1. The molecule has 13 nitrogen and oxygen atoms in total. The Labute approximate surface area is 290 Å². The van der Waals surface area contributed by atoms with Crippen molar-refractivity contribution in [3.05, 3.63) is 67.3 Å². The summed E-state index contributed by atoms with van der Waals surface area (Å²) in [5, 5.41) is 16.0. The molecule has 1 aliphatic heterocycles. The molecule has 3 N–H and O–H groups in total. The van der Waals surface area contributed by atoms with E-state index in [-0.39, 0.29) is 19.4 Å². The molecule has 0 spiro atoms. The van der Waals surface area contributed by atoms with E-state index in [4.69, 9.17) is 23.9 Å². The van der Waals surface area contributed by atoms with Crippen LogP contribution in [0.25, 0.3) is 22.2 Å². The Morgan fingerprint density at radius 2 is 1.82 bits per heavy atom. The number of hydrogen-bond acceptors (Lipinski definition) is 9. The van der Waals surface area contributed by atoms with Gasteiger partial charge in [-0.25, -0.2) is 14.6 Å². The van der Waals surface area contributed by atoms with E-state index in [0.717, 1.165) is 5.56 Å². The number of likely N-dealkylation sites (tertiary alicyclic amines) is 1. The zero-order valence-corrected chi connectivity index (χ0v) is 29.1. The van der Waals surface area contributed by atoms with E-state index >= 15 is 0 Å². The quantitative estimate of drug-likeness (QED) is 0.233. The van der Waals surface area contributed by atoms with E-state index in [1.807, 2.05) is 42.5 Å². The Balaban J connectivity index is 1.50. The van der Waals surface area contributed by atoms with Crippen molar-refractivity contribution in [3.63, 3.8) is 0 Å². The van der Waals surface area contributed by atoms with Gasteiger partial charge in [-0.1, -0.05) is 36.4 Å².